The molecule has 1 heterocycles. The molecule has 0 aromatic carbocycles. The van der Waals surface area contributed by atoms with E-state index in [0.29, 0.717) is 45.7 Å². The summed E-state index contributed by atoms with van der Waals surface area (Å²) in [5.41, 5.74) is -0.202. The highest BCUT2D eigenvalue weighted by Crippen LogP contribution is 2.26. The fourth-order valence-electron chi connectivity index (χ4n) is 1.97. The molecule has 0 aliphatic carbocycles. The van der Waals surface area contributed by atoms with Crippen molar-refractivity contribution >= 4 is 16.2 Å². The van der Waals surface area contributed by atoms with Crippen LogP contribution in [0.1, 0.15) is 33.1 Å². The molecule has 0 amide bonds. The number of morpholine rings is 1. The number of nitrogens with zero attached hydrogens (tertiary/aromatic N) is 1. The first-order valence-electron chi connectivity index (χ1n) is 6.77. The van der Waals surface area contributed by atoms with E-state index in [-0.39, 0.29) is 11.8 Å². The summed E-state index contributed by atoms with van der Waals surface area (Å²) in [6.45, 7) is 5.79. The smallest absolute Gasteiger partial charge is 0.303 e. The van der Waals surface area contributed by atoms with Gasteiger partial charge in [0.25, 0.3) is 10.2 Å². The number of rotatable bonds is 8. The molecule has 1 rings (SSSR count). The zero-order valence-corrected chi connectivity index (χ0v) is 12.9. The highest BCUT2D eigenvalue weighted by Gasteiger charge is 2.25. The molecule has 0 spiro atoms. The normalized spacial score (nSPS) is 18.1. The molecule has 0 aromatic rings. The largest absolute Gasteiger partial charge is 0.481 e. The highest BCUT2D eigenvalue weighted by molar-refractivity contribution is 7.87. The Morgan fingerprint density at radius 2 is 1.90 bits per heavy atom. The minimum absolute atomic E-state index is 0.100. The molecule has 2 N–H and O–H groups in total. The standard InChI is InChI=1S/C12H24N2O5S/c1-12(2,4-3-11(15)16)5-6-13-20(17,18)14-7-9-19-10-8-14/h13H,3-10H2,1-2H3,(H,15,16). The van der Waals surface area contributed by atoms with E-state index in [1.165, 1.54) is 4.31 Å². The van der Waals surface area contributed by atoms with Crippen LogP contribution in [-0.4, -0.2) is 56.6 Å². The molecule has 0 radical (unpaired) electrons. The molecular formula is C12H24N2O5S. The lowest BCUT2D eigenvalue weighted by Gasteiger charge is -2.28. The summed E-state index contributed by atoms with van der Waals surface area (Å²) in [6, 6.07) is 0. The molecule has 1 saturated heterocycles. The lowest BCUT2D eigenvalue weighted by molar-refractivity contribution is -0.137. The maximum absolute atomic E-state index is 12.0. The van der Waals surface area contributed by atoms with Crippen molar-refractivity contribution in [2.75, 3.05) is 32.8 Å². The number of hydrogen-bond acceptors (Lipinski definition) is 4. The summed E-state index contributed by atoms with van der Waals surface area (Å²) in [6.07, 6.45) is 1.23. The van der Waals surface area contributed by atoms with Crippen LogP contribution in [0.15, 0.2) is 0 Å². The molecule has 1 aliphatic heterocycles. The zero-order valence-electron chi connectivity index (χ0n) is 12.1. The molecule has 8 heteroatoms. The molecule has 0 saturated carbocycles. The number of ether oxygens (including phenoxy) is 1. The first kappa shape index (κ1) is 17.4. The Morgan fingerprint density at radius 1 is 1.30 bits per heavy atom. The van der Waals surface area contributed by atoms with Crippen LogP contribution in [0.2, 0.25) is 0 Å². The average molecular weight is 308 g/mol. The number of carboxylic acids is 1. The van der Waals surface area contributed by atoms with Crippen LogP contribution >= 0.6 is 0 Å². The van der Waals surface area contributed by atoms with Crippen molar-refractivity contribution in [3.8, 4) is 0 Å². The van der Waals surface area contributed by atoms with E-state index in [4.69, 9.17) is 9.84 Å². The van der Waals surface area contributed by atoms with E-state index in [2.05, 4.69) is 4.72 Å². The van der Waals surface area contributed by atoms with Crippen LogP contribution in [0.25, 0.3) is 0 Å². The van der Waals surface area contributed by atoms with E-state index >= 15 is 0 Å². The van der Waals surface area contributed by atoms with Gasteiger partial charge in [-0.1, -0.05) is 13.8 Å². The third-order valence-electron chi connectivity index (χ3n) is 3.41. The Balaban J connectivity index is 2.36. The van der Waals surface area contributed by atoms with Crippen molar-refractivity contribution in [2.24, 2.45) is 5.41 Å². The fraction of sp³-hybridized carbons (Fsp3) is 0.917. The van der Waals surface area contributed by atoms with Gasteiger partial charge in [0.2, 0.25) is 0 Å². The Labute approximate surface area is 120 Å². The van der Waals surface area contributed by atoms with Gasteiger partial charge in [0.1, 0.15) is 0 Å². The summed E-state index contributed by atoms with van der Waals surface area (Å²) in [4.78, 5) is 10.6. The van der Waals surface area contributed by atoms with Crippen LogP contribution in [0.4, 0.5) is 0 Å². The monoisotopic (exact) mass is 308 g/mol. The molecule has 20 heavy (non-hydrogen) atoms. The summed E-state index contributed by atoms with van der Waals surface area (Å²) in [5, 5.41) is 8.67. The van der Waals surface area contributed by atoms with E-state index in [1.54, 1.807) is 0 Å². The van der Waals surface area contributed by atoms with Gasteiger partial charge in [-0.25, -0.2) is 4.72 Å². The lowest BCUT2D eigenvalue weighted by Crippen LogP contribution is -2.47. The van der Waals surface area contributed by atoms with Crippen molar-refractivity contribution in [3.05, 3.63) is 0 Å². The topological polar surface area (TPSA) is 95.9 Å². The molecule has 1 aliphatic rings. The average Bonchev–Trinajstić information content (AvgIpc) is 2.37. The predicted octanol–water partition coefficient (Wildman–Crippen LogP) is 0.434. The zero-order chi connectivity index (χ0) is 15.2. The van der Waals surface area contributed by atoms with Crippen LogP contribution in [-0.2, 0) is 19.7 Å². The Kier molecular flexibility index (Phi) is 6.38. The van der Waals surface area contributed by atoms with Crippen molar-refractivity contribution in [3.63, 3.8) is 0 Å². The highest BCUT2D eigenvalue weighted by atomic mass is 32.2. The molecule has 1 fully saturated rings. The van der Waals surface area contributed by atoms with Gasteiger partial charge >= 0.3 is 5.97 Å². The second-order valence-electron chi connectivity index (χ2n) is 5.72. The number of hydrogen-bond donors (Lipinski definition) is 2. The second-order valence-corrected chi connectivity index (χ2v) is 7.47. The van der Waals surface area contributed by atoms with Crippen molar-refractivity contribution in [2.45, 2.75) is 33.1 Å². The second kappa shape index (κ2) is 7.35. The first-order chi connectivity index (χ1) is 9.23. The lowest BCUT2D eigenvalue weighted by atomic mass is 9.84. The molecular weight excluding hydrogens is 284 g/mol. The maximum Gasteiger partial charge on any atom is 0.303 e. The van der Waals surface area contributed by atoms with Crippen LogP contribution in [0, 0.1) is 5.41 Å². The van der Waals surface area contributed by atoms with Crippen LogP contribution in [0.3, 0.4) is 0 Å². The molecule has 0 unspecified atom stereocenters. The van der Waals surface area contributed by atoms with E-state index in [0.717, 1.165) is 0 Å². The summed E-state index contributed by atoms with van der Waals surface area (Å²) < 4.78 is 33.1. The Hall–Kier alpha value is -0.700. The van der Waals surface area contributed by atoms with Crippen molar-refractivity contribution in [1.29, 1.82) is 0 Å². The Bertz CT molecular complexity index is 416. The number of carboxylic acid groups (broad SMARTS) is 1. The van der Waals surface area contributed by atoms with Crippen molar-refractivity contribution in [1.82, 2.24) is 9.03 Å². The SMILES string of the molecule is CC(C)(CCNS(=O)(=O)N1CCOCC1)CCC(=O)O. The van der Waals surface area contributed by atoms with Gasteiger partial charge < -0.3 is 9.84 Å². The quantitative estimate of drug-likeness (QED) is 0.678. The fourth-order valence-corrected chi connectivity index (χ4v) is 3.14. The summed E-state index contributed by atoms with van der Waals surface area (Å²) in [7, 11) is -3.45. The molecule has 118 valence electrons. The van der Waals surface area contributed by atoms with Gasteiger partial charge in [0.15, 0.2) is 0 Å². The van der Waals surface area contributed by atoms with Crippen molar-refractivity contribution < 1.29 is 23.1 Å². The van der Waals surface area contributed by atoms with Crippen LogP contribution in [0.5, 0.6) is 0 Å². The molecule has 0 aromatic heterocycles. The van der Waals surface area contributed by atoms with Gasteiger partial charge in [0, 0.05) is 26.1 Å². The Morgan fingerprint density at radius 3 is 2.45 bits per heavy atom. The van der Waals surface area contributed by atoms with E-state index < -0.39 is 16.2 Å². The van der Waals surface area contributed by atoms with Gasteiger partial charge in [0.05, 0.1) is 13.2 Å². The third-order valence-corrected chi connectivity index (χ3v) is 5.03. The predicted molar refractivity (Wildman–Crippen MR) is 74.6 cm³/mol. The van der Waals surface area contributed by atoms with Gasteiger partial charge in [-0.15, -0.1) is 0 Å². The summed E-state index contributed by atoms with van der Waals surface area (Å²) in [5.74, 6) is -0.827. The number of carbonyl (C=O) groups is 1. The molecule has 0 bridgehead atoms. The first-order valence-corrected chi connectivity index (χ1v) is 8.21. The van der Waals surface area contributed by atoms with Crippen LogP contribution < -0.4 is 4.72 Å². The van der Waals surface area contributed by atoms with Gasteiger partial charge in [-0.2, -0.15) is 12.7 Å². The van der Waals surface area contributed by atoms with E-state index in [9.17, 15) is 13.2 Å². The van der Waals surface area contributed by atoms with Gasteiger partial charge in [-0.3, -0.25) is 4.79 Å². The maximum atomic E-state index is 12.0. The molecule has 0 atom stereocenters. The number of aliphatic carboxylic acids is 1. The third kappa shape index (κ3) is 6.17. The minimum atomic E-state index is -3.45. The van der Waals surface area contributed by atoms with E-state index in [1.807, 2.05) is 13.8 Å². The molecule has 7 nitrogen and oxygen atoms in total. The summed E-state index contributed by atoms with van der Waals surface area (Å²) >= 11 is 0. The van der Waals surface area contributed by atoms with Gasteiger partial charge in [-0.05, 0) is 18.3 Å². The minimum Gasteiger partial charge on any atom is -0.481 e. The number of nitrogens with one attached hydrogen (secondary N) is 1.